The van der Waals surface area contributed by atoms with Crippen LogP contribution in [0.2, 0.25) is 0 Å². The summed E-state index contributed by atoms with van der Waals surface area (Å²) in [7, 11) is 0. The Hall–Kier alpha value is -0.570. The van der Waals surface area contributed by atoms with E-state index >= 15 is 0 Å². The first-order chi connectivity index (χ1) is 9.17. The minimum Gasteiger partial charge on any atom is -0.341 e. The molecule has 0 aromatic carbocycles. The average Bonchev–Trinajstić information content (AvgIpc) is 2.42. The van der Waals surface area contributed by atoms with Gasteiger partial charge in [0.1, 0.15) is 0 Å². The maximum absolute atomic E-state index is 12.3. The number of nitrogens with zero attached hydrogens (tertiary/aromatic N) is 1. The lowest BCUT2D eigenvalue weighted by molar-refractivity contribution is -0.133. The summed E-state index contributed by atoms with van der Waals surface area (Å²) >= 11 is 0. The van der Waals surface area contributed by atoms with Gasteiger partial charge in [0, 0.05) is 13.1 Å². The molecule has 0 aliphatic carbocycles. The highest BCUT2D eigenvalue weighted by Crippen LogP contribution is 2.07. The molecule has 0 fully saturated rings. The Labute approximate surface area is 119 Å². The van der Waals surface area contributed by atoms with Crippen LogP contribution in [0.4, 0.5) is 0 Å². The van der Waals surface area contributed by atoms with Crippen molar-refractivity contribution < 1.29 is 4.79 Å². The molecule has 0 saturated heterocycles. The molecular weight excluding hydrogens is 236 g/mol. The van der Waals surface area contributed by atoms with E-state index in [-0.39, 0.29) is 11.9 Å². The summed E-state index contributed by atoms with van der Waals surface area (Å²) in [5.41, 5.74) is 6.02. The SMILES string of the molecule is CCCCCN(CCCCC)C(=O)[C@@H](N)CCCC. The Morgan fingerprint density at radius 2 is 1.37 bits per heavy atom. The smallest absolute Gasteiger partial charge is 0.239 e. The normalized spacial score (nSPS) is 12.4. The lowest BCUT2D eigenvalue weighted by Crippen LogP contribution is -2.44. The van der Waals surface area contributed by atoms with Gasteiger partial charge in [-0.25, -0.2) is 0 Å². The number of unbranched alkanes of at least 4 members (excludes halogenated alkanes) is 5. The fourth-order valence-corrected chi connectivity index (χ4v) is 2.22. The van der Waals surface area contributed by atoms with E-state index in [4.69, 9.17) is 5.73 Å². The van der Waals surface area contributed by atoms with Crippen LogP contribution >= 0.6 is 0 Å². The van der Waals surface area contributed by atoms with Gasteiger partial charge in [-0.2, -0.15) is 0 Å². The molecular formula is C16H34N2O. The largest absolute Gasteiger partial charge is 0.341 e. The maximum atomic E-state index is 12.3. The van der Waals surface area contributed by atoms with Crippen LogP contribution in [0.25, 0.3) is 0 Å². The van der Waals surface area contributed by atoms with Crippen LogP contribution in [0.15, 0.2) is 0 Å². The van der Waals surface area contributed by atoms with Gasteiger partial charge in [0.2, 0.25) is 5.91 Å². The lowest BCUT2D eigenvalue weighted by atomic mass is 10.1. The highest BCUT2D eigenvalue weighted by atomic mass is 16.2. The summed E-state index contributed by atoms with van der Waals surface area (Å²) in [5, 5.41) is 0. The van der Waals surface area contributed by atoms with Gasteiger partial charge >= 0.3 is 0 Å². The standard InChI is InChI=1S/C16H34N2O/c1-4-7-10-13-18(14-11-8-5-2)16(19)15(17)12-9-6-3/h15H,4-14,17H2,1-3H3/t15-/m0/s1. The van der Waals surface area contributed by atoms with E-state index in [2.05, 4.69) is 20.8 Å². The Bertz CT molecular complexity index is 209. The third kappa shape index (κ3) is 9.04. The van der Waals surface area contributed by atoms with Crippen molar-refractivity contribution in [2.75, 3.05) is 13.1 Å². The first kappa shape index (κ1) is 18.4. The molecule has 0 unspecified atom stereocenters. The van der Waals surface area contributed by atoms with Gasteiger partial charge in [0.05, 0.1) is 6.04 Å². The van der Waals surface area contributed by atoms with Crippen molar-refractivity contribution in [1.82, 2.24) is 4.90 Å². The number of hydrogen-bond acceptors (Lipinski definition) is 2. The molecule has 3 heteroatoms. The van der Waals surface area contributed by atoms with E-state index in [1.54, 1.807) is 0 Å². The van der Waals surface area contributed by atoms with Crippen LogP contribution in [0.1, 0.15) is 78.6 Å². The predicted octanol–water partition coefficient (Wildman–Crippen LogP) is 3.71. The van der Waals surface area contributed by atoms with E-state index in [1.165, 1.54) is 25.7 Å². The van der Waals surface area contributed by atoms with Crippen molar-refractivity contribution in [3.8, 4) is 0 Å². The molecule has 0 aromatic heterocycles. The van der Waals surface area contributed by atoms with Gasteiger partial charge in [0.25, 0.3) is 0 Å². The molecule has 0 rings (SSSR count). The summed E-state index contributed by atoms with van der Waals surface area (Å²) < 4.78 is 0. The summed E-state index contributed by atoms with van der Waals surface area (Å²) in [6, 6.07) is -0.289. The quantitative estimate of drug-likeness (QED) is 0.549. The molecule has 0 radical (unpaired) electrons. The highest BCUT2D eigenvalue weighted by Gasteiger charge is 2.19. The minimum absolute atomic E-state index is 0.167. The van der Waals surface area contributed by atoms with Gasteiger partial charge in [-0.15, -0.1) is 0 Å². The van der Waals surface area contributed by atoms with Crippen molar-refractivity contribution in [2.45, 2.75) is 84.6 Å². The Morgan fingerprint density at radius 1 is 0.895 bits per heavy atom. The summed E-state index contributed by atoms with van der Waals surface area (Å²) in [5.74, 6) is 0.167. The Balaban J connectivity index is 4.21. The fraction of sp³-hybridized carbons (Fsp3) is 0.938. The van der Waals surface area contributed by atoms with Crippen LogP contribution in [0, 0.1) is 0 Å². The van der Waals surface area contributed by atoms with Crippen LogP contribution in [-0.2, 0) is 4.79 Å². The molecule has 3 nitrogen and oxygen atoms in total. The number of rotatable bonds is 12. The summed E-state index contributed by atoms with van der Waals surface area (Å²) in [6.45, 7) is 8.29. The minimum atomic E-state index is -0.289. The molecule has 114 valence electrons. The van der Waals surface area contributed by atoms with Crippen LogP contribution in [0.5, 0.6) is 0 Å². The third-order valence-electron chi connectivity index (χ3n) is 3.56. The van der Waals surface area contributed by atoms with E-state index < -0.39 is 0 Å². The number of hydrogen-bond donors (Lipinski definition) is 1. The van der Waals surface area contributed by atoms with Gasteiger partial charge in [-0.3, -0.25) is 4.79 Å². The van der Waals surface area contributed by atoms with Crippen molar-refractivity contribution in [2.24, 2.45) is 5.73 Å². The third-order valence-corrected chi connectivity index (χ3v) is 3.56. The number of carbonyl (C=O) groups is 1. The number of nitrogens with two attached hydrogens (primary N) is 1. The maximum Gasteiger partial charge on any atom is 0.239 e. The van der Waals surface area contributed by atoms with E-state index in [9.17, 15) is 4.79 Å². The molecule has 0 bridgehead atoms. The zero-order valence-corrected chi connectivity index (χ0v) is 13.3. The number of carbonyl (C=O) groups excluding carboxylic acids is 1. The number of amides is 1. The Morgan fingerprint density at radius 3 is 1.79 bits per heavy atom. The molecule has 0 spiro atoms. The first-order valence-corrected chi connectivity index (χ1v) is 8.21. The van der Waals surface area contributed by atoms with E-state index in [0.29, 0.717) is 0 Å². The van der Waals surface area contributed by atoms with Crippen LogP contribution < -0.4 is 5.73 Å². The molecule has 0 aliphatic heterocycles. The first-order valence-electron chi connectivity index (χ1n) is 8.21. The van der Waals surface area contributed by atoms with E-state index in [1.807, 2.05) is 4.90 Å². The molecule has 0 saturated carbocycles. The Kier molecular flexibility index (Phi) is 12.1. The molecule has 2 N–H and O–H groups in total. The van der Waals surface area contributed by atoms with Crippen molar-refractivity contribution in [3.63, 3.8) is 0 Å². The second kappa shape index (κ2) is 12.5. The van der Waals surface area contributed by atoms with Gasteiger partial charge < -0.3 is 10.6 Å². The molecule has 1 amide bonds. The lowest BCUT2D eigenvalue weighted by Gasteiger charge is -2.26. The molecule has 0 heterocycles. The van der Waals surface area contributed by atoms with Gasteiger partial charge in [0.15, 0.2) is 0 Å². The monoisotopic (exact) mass is 270 g/mol. The topological polar surface area (TPSA) is 46.3 Å². The molecule has 0 aliphatic rings. The van der Waals surface area contributed by atoms with Gasteiger partial charge in [-0.1, -0.05) is 59.3 Å². The molecule has 0 aromatic rings. The van der Waals surface area contributed by atoms with E-state index in [0.717, 1.165) is 45.2 Å². The van der Waals surface area contributed by atoms with Crippen LogP contribution in [-0.4, -0.2) is 29.9 Å². The second-order valence-corrected chi connectivity index (χ2v) is 5.49. The zero-order valence-electron chi connectivity index (χ0n) is 13.3. The highest BCUT2D eigenvalue weighted by molar-refractivity contribution is 5.81. The predicted molar refractivity (Wildman–Crippen MR) is 83.1 cm³/mol. The molecule has 19 heavy (non-hydrogen) atoms. The zero-order chi connectivity index (χ0) is 14.5. The van der Waals surface area contributed by atoms with Crippen molar-refractivity contribution >= 4 is 5.91 Å². The summed E-state index contributed by atoms with van der Waals surface area (Å²) in [4.78, 5) is 14.3. The summed E-state index contributed by atoms with van der Waals surface area (Å²) in [6.07, 6.45) is 9.97. The van der Waals surface area contributed by atoms with Crippen molar-refractivity contribution in [1.29, 1.82) is 0 Å². The average molecular weight is 270 g/mol. The fourth-order valence-electron chi connectivity index (χ4n) is 2.22. The van der Waals surface area contributed by atoms with Crippen molar-refractivity contribution in [3.05, 3.63) is 0 Å². The molecule has 1 atom stereocenters. The van der Waals surface area contributed by atoms with Gasteiger partial charge in [-0.05, 0) is 19.3 Å². The second-order valence-electron chi connectivity index (χ2n) is 5.49. The van der Waals surface area contributed by atoms with Crippen LogP contribution in [0.3, 0.4) is 0 Å².